The van der Waals surface area contributed by atoms with Crippen LogP contribution in [0.25, 0.3) is 11.1 Å². The smallest absolute Gasteiger partial charge is 0.408 e. The number of carbonyl (C=O) groups excluding carboxylic acids is 1. The van der Waals surface area contributed by atoms with Gasteiger partial charge in [-0.15, -0.1) is 0 Å². The molecule has 1 aliphatic heterocycles. The van der Waals surface area contributed by atoms with Crippen molar-refractivity contribution in [2.45, 2.75) is 23.9 Å². The van der Waals surface area contributed by atoms with Crippen molar-refractivity contribution in [3.05, 3.63) is 58.6 Å². The summed E-state index contributed by atoms with van der Waals surface area (Å²) in [5.41, 5.74) is -0.467. The molecule has 4 rings (SSSR count). The summed E-state index contributed by atoms with van der Waals surface area (Å²) >= 11 is 0. The van der Waals surface area contributed by atoms with E-state index < -0.39 is 39.3 Å². The van der Waals surface area contributed by atoms with Gasteiger partial charge in [0.05, 0.1) is 21.9 Å². The highest BCUT2D eigenvalue weighted by Crippen LogP contribution is 2.31. The molecule has 1 aliphatic rings. The van der Waals surface area contributed by atoms with Crippen LogP contribution in [0, 0.1) is 5.92 Å². The normalized spacial score (nSPS) is 18.0. The summed E-state index contributed by atoms with van der Waals surface area (Å²) in [7, 11) is -3.98. The lowest BCUT2D eigenvalue weighted by Crippen LogP contribution is -2.43. The number of amides is 1. The number of rotatable bonds is 4. The summed E-state index contributed by atoms with van der Waals surface area (Å²) in [5, 5.41) is 2.45. The molecule has 1 fully saturated rings. The van der Waals surface area contributed by atoms with Crippen molar-refractivity contribution >= 4 is 32.7 Å². The summed E-state index contributed by atoms with van der Waals surface area (Å²) < 4.78 is 70.9. The van der Waals surface area contributed by atoms with Crippen LogP contribution in [0.1, 0.15) is 18.4 Å². The monoisotopic (exact) mass is 469 g/mol. The molecular formula is C20H18F3N3O5S. The molecule has 2 aromatic carbocycles. The van der Waals surface area contributed by atoms with Crippen molar-refractivity contribution in [1.29, 1.82) is 0 Å². The number of aromatic amines is 1. The number of piperidine rings is 1. The third-order valence-electron chi connectivity index (χ3n) is 5.24. The zero-order valence-corrected chi connectivity index (χ0v) is 17.3. The molecule has 0 bridgehead atoms. The van der Waals surface area contributed by atoms with Crippen molar-refractivity contribution < 1.29 is 30.8 Å². The molecule has 1 saturated heterocycles. The van der Waals surface area contributed by atoms with E-state index in [9.17, 15) is 31.2 Å². The van der Waals surface area contributed by atoms with Crippen LogP contribution in [0.4, 0.5) is 18.9 Å². The van der Waals surface area contributed by atoms with E-state index in [1.807, 2.05) is 0 Å². The van der Waals surface area contributed by atoms with Crippen LogP contribution in [-0.2, 0) is 21.0 Å². The number of halogens is 3. The Bertz CT molecular complexity index is 1330. The van der Waals surface area contributed by atoms with Crippen molar-refractivity contribution in [3.8, 4) is 0 Å². The zero-order chi connectivity index (χ0) is 23.1. The highest BCUT2D eigenvalue weighted by Gasteiger charge is 2.34. The van der Waals surface area contributed by atoms with Crippen LogP contribution in [0.15, 0.2) is 56.6 Å². The minimum absolute atomic E-state index is 0.0160. The first kappa shape index (κ1) is 22.1. The number of fused-ring (bicyclic) bond motifs is 1. The fourth-order valence-corrected chi connectivity index (χ4v) is 5.17. The number of nitrogens with zero attached hydrogens (tertiary/aromatic N) is 1. The summed E-state index contributed by atoms with van der Waals surface area (Å²) in [4.78, 5) is 26.3. The van der Waals surface area contributed by atoms with Crippen molar-refractivity contribution in [2.75, 3.05) is 18.4 Å². The SMILES string of the molecule is O=C(Nc1cccc(C(F)(F)F)c1)[C@H]1CCCN(S(=O)(=O)c2ccc3[nH]c(=O)oc3c2)C1. The van der Waals surface area contributed by atoms with Gasteiger partial charge in [0.15, 0.2) is 5.58 Å². The molecule has 0 saturated carbocycles. The maximum atomic E-state index is 13.1. The Morgan fingerprint density at radius 2 is 1.97 bits per heavy atom. The number of oxazole rings is 1. The van der Waals surface area contributed by atoms with Crippen molar-refractivity contribution in [3.63, 3.8) is 0 Å². The topological polar surface area (TPSA) is 112 Å². The summed E-state index contributed by atoms with van der Waals surface area (Å²) in [6.07, 6.45) is -3.75. The molecule has 0 radical (unpaired) electrons. The number of anilines is 1. The zero-order valence-electron chi connectivity index (χ0n) is 16.5. The number of carbonyl (C=O) groups is 1. The number of benzene rings is 2. The van der Waals surface area contributed by atoms with Crippen molar-refractivity contribution in [1.82, 2.24) is 9.29 Å². The molecule has 0 spiro atoms. The van der Waals surface area contributed by atoms with E-state index >= 15 is 0 Å². The fraction of sp³-hybridized carbons (Fsp3) is 0.300. The average Bonchev–Trinajstić information content (AvgIpc) is 3.12. The van der Waals surface area contributed by atoms with E-state index in [1.54, 1.807) is 0 Å². The van der Waals surface area contributed by atoms with E-state index in [0.717, 1.165) is 16.4 Å². The molecule has 1 atom stereocenters. The van der Waals surface area contributed by atoms with Gasteiger partial charge in [0.2, 0.25) is 15.9 Å². The predicted molar refractivity (Wildman–Crippen MR) is 108 cm³/mol. The third kappa shape index (κ3) is 4.41. The van der Waals surface area contributed by atoms with Crippen LogP contribution in [0.3, 0.4) is 0 Å². The van der Waals surface area contributed by atoms with Gasteiger partial charge in [-0.2, -0.15) is 17.5 Å². The second kappa shape index (κ2) is 8.10. The Kier molecular flexibility index (Phi) is 5.59. The van der Waals surface area contributed by atoms with Crippen LogP contribution >= 0.6 is 0 Å². The Labute approximate surface area is 180 Å². The van der Waals surface area contributed by atoms with Crippen LogP contribution in [0.2, 0.25) is 0 Å². The van der Waals surface area contributed by atoms with Crippen LogP contribution in [-0.4, -0.2) is 36.7 Å². The van der Waals surface area contributed by atoms with E-state index in [2.05, 4.69) is 10.3 Å². The molecule has 3 aromatic rings. The lowest BCUT2D eigenvalue weighted by Gasteiger charge is -2.31. The predicted octanol–water partition coefficient (Wildman–Crippen LogP) is 3.18. The van der Waals surface area contributed by atoms with E-state index in [-0.39, 0.29) is 29.3 Å². The quantitative estimate of drug-likeness (QED) is 0.610. The average molecular weight is 469 g/mol. The number of nitrogens with one attached hydrogen (secondary N) is 2. The number of hydrogen-bond acceptors (Lipinski definition) is 5. The van der Waals surface area contributed by atoms with E-state index in [1.165, 1.54) is 30.3 Å². The highest BCUT2D eigenvalue weighted by atomic mass is 32.2. The number of alkyl halides is 3. The molecule has 170 valence electrons. The first-order valence-corrected chi connectivity index (χ1v) is 11.1. The van der Waals surface area contributed by atoms with Gasteiger partial charge in [0, 0.05) is 24.8 Å². The van der Waals surface area contributed by atoms with Crippen molar-refractivity contribution in [2.24, 2.45) is 5.92 Å². The summed E-state index contributed by atoms with van der Waals surface area (Å²) in [6.45, 7) is 0.0625. The molecule has 32 heavy (non-hydrogen) atoms. The number of H-pyrrole nitrogens is 1. The molecular weight excluding hydrogens is 451 g/mol. The van der Waals surface area contributed by atoms with Gasteiger partial charge in [-0.05, 0) is 43.2 Å². The second-order valence-corrected chi connectivity index (χ2v) is 9.38. The molecule has 1 amide bonds. The minimum atomic E-state index is -4.55. The third-order valence-corrected chi connectivity index (χ3v) is 7.10. The minimum Gasteiger partial charge on any atom is -0.408 e. The number of hydrogen-bond donors (Lipinski definition) is 2. The van der Waals surface area contributed by atoms with Gasteiger partial charge >= 0.3 is 11.9 Å². The lowest BCUT2D eigenvalue weighted by molar-refractivity contribution is -0.137. The Morgan fingerprint density at radius 1 is 1.19 bits per heavy atom. The van der Waals surface area contributed by atoms with E-state index in [0.29, 0.717) is 18.4 Å². The van der Waals surface area contributed by atoms with Gasteiger partial charge < -0.3 is 9.73 Å². The molecule has 2 N–H and O–H groups in total. The summed E-state index contributed by atoms with van der Waals surface area (Å²) in [5.74, 6) is -2.00. The molecule has 12 heteroatoms. The van der Waals surface area contributed by atoms with Crippen LogP contribution < -0.4 is 11.1 Å². The Morgan fingerprint density at radius 3 is 2.72 bits per heavy atom. The first-order chi connectivity index (χ1) is 15.0. The molecule has 1 aromatic heterocycles. The lowest BCUT2D eigenvalue weighted by atomic mass is 9.98. The Hall–Kier alpha value is -3.12. The largest absolute Gasteiger partial charge is 0.417 e. The Balaban J connectivity index is 1.51. The van der Waals surface area contributed by atoms with Gasteiger partial charge in [-0.1, -0.05) is 6.07 Å². The molecule has 0 aliphatic carbocycles. The second-order valence-electron chi connectivity index (χ2n) is 7.44. The standard InChI is InChI=1S/C20H18F3N3O5S/c21-20(22,23)13-4-1-5-14(9-13)24-18(27)12-3-2-8-26(11-12)32(29,30)15-6-7-16-17(10-15)31-19(28)25-16/h1,4-7,9-10,12H,2-3,8,11H2,(H,24,27)(H,25,28)/t12-/m0/s1. The summed E-state index contributed by atoms with van der Waals surface area (Å²) in [6, 6.07) is 8.22. The highest BCUT2D eigenvalue weighted by molar-refractivity contribution is 7.89. The van der Waals surface area contributed by atoms with Crippen LogP contribution in [0.5, 0.6) is 0 Å². The van der Waals surface area contributed by atoms with Gasteiger partial charge in [0.1, 0.15) is 0 Å². The van der Waals surface area contributed by atoms with Gasteiger partial charge in [-0.3, -0.25) is 9.78 Å². The molecule has 8 nitrogen and oxygen atoms in total. The van der Waals surface area contributed by atoms with Gasteiger partial charge in [-0.25, -0.2) is 13.2 Å². The van der Waals surface area contributed by atoms with Gasteiger partial charge in [0.25, 0.3) is 0 Å². The fourth-order valence-electron chi connectivity index (χ4n) is 3.63. The number of sulfonamides is 1. The van der Waals surface area contributed by atoms with E-state index in [4.69, 9.17) is 4.42 Å². The first-order valence-electron chi connectivity index (χ1n) is 9.65. The maximum absolute atomic E-state index is 13.1. The molecule has 0 unspecified atom stereocenters. The molecule has 2 heterocycles. The maximum Gasteiger partial charge on any atom is 0.417 e. The number of aromatic nitrogens is 1.